The van der Waals surface area contributed by atoms with Crippen LogP contribution in [-0.4, -0.2) is 28.4 Å². The minimum atomic E-state index is -0.554. The minimum absolute atomic E-state index is 0.0302. The zero-order chi connectivity index (χ0) is 13.1. The number of hydrogen-bond acceptors (Lipinski definition) is 4. The summed E-state index contributed by atoms with van der Waals surface area (Å²) in [7, 11) is 0. The number of aliphatic hydroxyl groups is 1. The van der Waals surface area contributed by atoms with Gasteiger partial charge in [0.2, 0.25) is 0 Å². The summed E-state index contributed by atoms with van der Waals surface area (Å²) in [5.41, 5.74) is -0.0302. The average molecular weight is 266 g/mol. The van der Waals surface area contributed by atoms with Crippen LogP contribution in [-0.2, 0) is 6.54 Å². The highest BCUT2D eigenvalue weighted by molar-refractivity contribution is 7.17. The van der Waals surface area contributed by atoms with Crippen molar-refractivity contribution in [1.29, 1.82) is 0 Å². The maximum absolute atomic E-state index is 12.1. The Bertz CT molecular complexity index is 574. The topological polar surface area (TPSA) is 54.3 Å². The van der Waals surface area contributed by atoms with Crippen molar-refractivity contribution in [2.45, 2.75) is 32.5 Å². The van der Waals surface area contributed by atoms with Gasteiger partial charge >= 0.3 is 0 Å². The fraction of sp³-hybridized carbons (Fsp3) is 0.462. The van der Waals surface area contributed by atoms with Crippen molar-refractivity contribution in [3.8, 4) is 0 Å². The van der Waals surface area contributed by atoms with Crippen molar-refractivity contribution in [2.75, 3.05) is 6.54 Å². The summed E-state index contributed by atoms with van der Waals surface area (Å²) in [5.74, 6) is 0. The minimum Gasteiger partial charge on any atom is -0.390 e. The number of nitrogens with one attached hydrogen (secondary N) is 1. The van der Waals surface area contributed by atoms with E-state index in [9.17, 15) is 9.90 Å². The van der Waals surface area contributed by atoms with E-state index >= 15 is 0 Å². The van der Waals surface area contributed by atoms with Crippen molar-refractivity contribution in [1.82, 2.24) is 9.88 Å². The van der Waals surface area contributed by atoms with Crippen LogP contribution in [0.1, 0.15) is 13.8 Å². The molecule has 0 amide bonds. The number of pyridine rings is 1. The lowest BCUT2D eigenvalue weighted by Gasteiger charge is -2.15. The lowest BCUT2D eigenvalue weighted by molar-refractivity contribution is 0.148. The molecule has 2 rings (SSSR count). The lowest BCUT2D eigenvalue weighted by Crippen LogP contribution is -2.36. The van der Waals surface area contributed by atoms with E-state index in [0.29, 0.717) is 19.1 Å². The van der Waals surface area contributed by atoms with E-state index in [-0.39, 0.29) is 5.56 Å². The molecule has 1 unspecified atom stereocenters. The summed E-state index contributed by atoms with van der Waals surface area (Å²) in [4.78, 5) is 12.1. The van der Waals surface area contributed by atoms with Gasteiger partial charge in [0.1, 0.15) is 0 Å². The van der Waals surface area contributed by atoms with E-state index in [1.165, 1.54) is 0 Å². The van der Waals surface area contributed by atoms with Gasteiger partial charge in [-0.05, 0) is 17.5 Å². The quantitative estimate of drug-likeness (QED) is 0.860. The number of aromatic nitrogens is 1. The van der Waals surface area contributed by atoms with Crippen molar-refractivity contribution in [3.63, 3.8) is 0 Å². The summed E-state index contributed by atoms with van der Waals surface area (Å²) in [5, 5.41) is 15.7. The van der Waals surface area contributed by atoms with Crippen LogP contribution in [0.5, 0.6) is 0 Å². The Kier molecular flexibility index (Phi) is 4.16. The van der Waals surface area contributed by atoms with Gasteiger partial charge in [0.05, 0.1) is 18.0 Å². The van der Waals surface area contributed by atoms with E-state index in [1.807, 2.05) is 31.4 Å². The van der Waals surface area contributed by atoms with Crippen LogP contribution in [0.3, 0.4) is 0 Å². The Morgan fingerprint density at radius 1 is 1.44 bits per heavy atom. The van der Waals surface area contributed by atoms with Crippen LogP contribution in [0.4, 0.5) is 0 Å². The molecule has 0 saturated carbocycles. The maximum atomic E-state index is 12.1. The zero-order valence-electron chi connectivity index (χ0n) is 10.6. The van der Waals surface area contributed by atoms with Crippen LogP contribution in [0.2, 0.25) is 0 Å². The number of nitrogens with zero attached hydrogens (tertiary/aromatic N) is 1. The molecule has 0 aliphatic carbocycles. The third kappa shape index (κ3) is 2.98. The molecule has 1 atom stereocenters. The first-order valence-corrected chi connectivity index (χ1v) is 6.94. The molecule has 0 saturated heterocycles. The van der Waals surface area contributed by atoms with Gasteiger partial charge in [-0.2, -0.15) is 0 Å². The van der Waals surface area contributed by atoms with Gasteiger partial charge in [0.15, 0.2) is 0 Å². The van der Waals surface area contributed by atoms with Gasteiger partial charge in [-0.3, -0.25) is 4.79 Å². The van der Waals surface area contributed by atoms with E-state index in [4.69, 9.17) is 0 Å². The average Bonchev–Trinajstić information content (AvgIpc) is 2.79. The van der Waals surface area contributed by atoms with Crippen molar-refractivity contribution < 1.29 is 5.11 Å². The molecule has 0 aromatic carbocycles. The molecule has 2 aromatic rings. The Hall–Kier alpha value is -1.17. The highest BCUT2D eigenvalue weighted by Gasteiger charge is 2.09. The van der Waals surface area contributed by atoms with Crippen LogP contribution < -0.4 is 10.9 Å². The summed E-state index contributed by atoms with van der Waals surface area (Å²) in [6.07, 6.45) is 1.20. The smallest absolute Gasteiger partial charge is 0.259 e. The van der Waals surface area contributed by atoms with Crippen molar-refractivity contribution in [2.24, 2.45) is 0 Å². The highest BCUT2D eigenvalue weighted by Crippen LogP contribution is 2.16. The predicted molar refractivity (Wildman–Crippen MR) is 75.2 cm³/mol. The molecule has 0 spiro atoms. The molecule has 0 radical (unpaired) electrons. The number of thiophene rings is 1. The molecule has 2 N–H and O–H groups in total. The molecule has 0 bridgehead atoms. The first kappa shape index (κ1) is 13.3. The zero-order valence-corrected chi connectivity index (χ0v) is 11.4. The van der Waals surface area contributed by atoms with Gasteiger partial charge in [-0.1, -0.05) is 13.8 Å². The van der Waals surface area contributed by atoms with Crippen LogP contribution >= 0.6 is 11.3 Å². The highest BCUT2D eigenvalue weighted by atomic mass is 32.1. The number of rotatable bonds is 5. The van der Waals surface area contributed by atoms with E-state index in [0.717, 1.165) is 10.1 Å². The van der Waals surface area contributed by atoms with E-state index in [1.54, 1.807) is 22.1 Å². The van der Waals surface area contributed by atoms with Crippen molar-refractivity contribution >= 4 is 21.4 Å². The largest absolute Gasteiger partial charge is 0.390 e. The second-order valence-corrected chi connectivity index (χ2v) is 5.64. The van der Waals surface area contributed by atoms with Gasteiger partial charge in [0, 0.05) is 23.5 Å². The van der Waals surface area contributed by atoms with E-state index in [2.05, 4.69) is 5.32 Å². The Morgan fingerprint density at radius 2 is 2.22 bits per heavy atom. The third-order valence-corrected chi connectivity index (χ3v) is 3.64. The van der Waals surface area contributed by atoms with Gasteiger partial charge in [0.25, 0.3) is 5.56 Å². The molecule has 4 nitrogen and oxygen atoms in total. The standard InChI is InChI=1S/C13H18N2O2S/c1-9(2)14-7-10(16)8-15-5-3-12-11(13(15)17)4-6-18-12/h3-6,9-10,14,16H,7-8H2,1-2H3. The molecule has 0 aliphatic rings. The molecular weight excluding hydrogens is 248 g/mol. The first-order chi connectivity index (χ1) is 8.58. The van der Waals surface area contributed by atoms with Gasteiger partial charge < -0.3 is 15.0 Å². The fourth-order valence-corrected chi connectivity index (χ4v) is 2.59. The number of fused-ring (bicyclic) bond motifs is 1. The summed E-state index contributed by atoms with van der Waals surface area (Å²) >= 11 is 1.56. The predicted octanol–water partition coefficient (Wildman–Crippen LogP) is 1.42. The molecule has 2 heterocycles. The monoisotopic (exact) mass is 266 g/mol. The Labute approximate surface area is 110 Å². The van der Waals surface area contributed by atoms with Gasteiger partial charge in [-0.15, -0.1) is 11.3 Å². The summed E-state index contributed by atoms with van der Waals surface area (Å²) in [6, 6.07) is 4.08. The molecule has 98 valence electrons. The molecule has 18 heavy (non-hydrogen) atoms. The molecule has 0 fully saturated rings. The number of hydrogen-bond donors (Lipinski definition) is 2. The Morgan fingerprint density at radius 3 is 2.94 bits per heavy atom. The fourth-order valence-electron chi connectivity index (χ4n) is 1.81. The molecule has 2 aromatic heterocycles. The van der Waals surface area contributed by atoms with Crippen molar-refractivity contribution in [3.05, 3.63) is 34.1 Å². The second kappa shape index (κ2) is 5.65. The molecule has 5 heteroatoms. The molecular formula is C13H18N2O2S. The normalized spacial score (nSPS) is 13.3. The molecule has 0 aliphatic heterocycles. The number of aliphatic hydroxyl groups excluding tert-OH is 1. The first-order valence-electron chi connectivity index (χ1n) is 6.06. The maximum Gasteiger partial charge on any atom is 0.259 e. The summed E-state index contributed by atoms with van der Waals surface area (Å²) < 4.78 is 2.56. The summed E-state index contributed by atoms with van der Waals surface area (Å²) in [6.45, 7) is 4.86. The SMILES string of the molecule is CC(C)NCC(O)Cn1ccc2sccc2c1=O. The lowest BCUT2D eigenvalue weighted by atomic mass is 10.3. The Balaban J connectivity index is 2.11. The third-order valence-electron chi connectivity index (χ3n) is 2.76. The van der Waals surface area contributed by atoms with Gasteiger partial charge in [-0.25, -0.2) is 0 Å². The van der Waals surface area contributed by atoms with Crippen LogP contribution in [0.25, 0.3) is 10.1 Å². The van der Waals surface area contributed by atoms with Crippen LogP contribution in [0, 0.1) is 0 Å². The second-order valence-electron chi connectivity index (χ2n) is 4.69. The van der Waals surface area contributed by atoms with E-state index < -0.39 is 6.10 Å². The van der Waals surface area contributed by atoms with Crippen LogP contribution in [0.15, 0.2) is 28.5 Å².